The quantitative estimate of drug-likeness (QED) is 0.781. The van der Waals surface area contributed by atoms with Gasteiger partial charge in [0.15, 0.2) is 0 Å². The van der Waals surface area contributed by atoms with Crippen LogP contribution in [0.15, 0.2) is 18.3 Å². The lowest BCUT2D eigenvalue weighted by molar-refractivity contribution is 0.204. The third-order valence-electron chi connectivity index (χ3n) is 3.09. The molecule has 0 N–H and O–H groups in total. The predicted molar refractivity (Wildman–Crippen MR) is 71.3 cm³/mol. The molecular formula is C12H19N3O3S. The van der Waals surface area contributed by atoms with Gasteiger partial charge in [-0.15, -0.1) is 5.10 Å². The summed E-state index contributed by atoms with van der Waals surface area (Å²) in [6.07, 6.45) is 3.72. The molecule has 106 valence electrons. The highest BCUT2D eigenvalue weighted by Crippen LogP contribution is 2.19. The number of hydrogen-bond acceptors (Lipinski definition) is 5. The molecule has 0 aliphatic carbocycles. The van der Waals surface area contributed by atoms with Gasteiger partial charge in [0.25, 0.3) is 0 Å². The maximum atomic E-state index is 12.0. The van der Waals surface area contributed by atoms with Crippen molar-refractivity contribution in [1.29, 1.82) is 0 Å². The summed E-state index contributed by atoms with van der Waals surface area (Å²) < 4.78 is 31.2. The summed E-state index contributed by atoms with van der Waals surface area (Å²) in [6, 6.07) is 3.47. The molecule has 6 nitrogen and oxygen atoms in total. The van der Waals surface area contributed by atoms with Crippen molar-refractivity contribution < 1.29 is 13.2 Å². The van der Waals surface area contributed by atoms with Gasteiger partial charge in [-0.1, -0.05) is 13.3 Å². The molecule has 0 bridgehead atoms. The zero-order valence-corrected chi connectivity index (χ0v) is 11.8. The van der Waals surface area contributed by atoms with Gasteiger partial charge < -0.3 is 4.74 Å². The number of aromatic nitrogens is 2. The molecule has 0 radical (unpaired) electrons. The number of rotatable bonds is 6. The molecule has 1 saturated heterocycles. The number of sulfonamides is 1. The molecule has 1 atom stereocenters. The molecule has 1 fully saturated rings. The predicted octanol–water partition coefficient (Wildman–Crippen LogP) is 1.06. The Balaban J connectivity index is 1.89. The van der Waals surface area contributed by atoms with E-state index < -0.39 is 10.0 Å². The number of hydrogen-bond donors (Lipinski definition) is 0. The number of unbranched alkanes of at least 4 members (excludes halogenated alkanes) is 1. The Morgan fingerprint density at radius 2 is 2.37 bits per heavy atom. The van der Waals surface area contributed by atoms with E-state index in [4.69, 9.17) is 4.74 Å². The molecule has 0 amide bonds. The van der Waals surface area contributed by atoms with Gasteiger partial charge in [-0.2, -0.15) is 9.40 Å². The Morgan fingerprint density at radius 3 is 3.05 bits per heavy atom. The average Bonchev–Trinajstić information content (AvgIpc) is 2.87. The molecule has 0 unspecified atom stereocenters. The van der Waals surface area contributed by atoms with Gasteiger partial charge in [0.2, 0.25) is 15.9 Å². The maximum absolute atomic E-state index is 12.0. The summed E-state index contributed by atoms with van der Waals surface area (Å²) in [5.41, 5.74) is 0. The van der Waals surface area contributed by atoms with Crippen LogP contribution in [0.5, 0.6) is 5.88 Å². The number of nitrogens with zero attached hydrogens (tertiary/aromatic N) is 3. The van der Waals surface area contributed by atoms with Crippen molar-refractivity contribution in [3.8, 4) is 5.88 Å². The number of ether oxygens (including phenoxy) is 1. The minimum atomic E-state index is -3.13. The SMILES string of the molecule is CCCCS(=O)(=O)N1CC[C@@H](Oc2cccnn2)C1. The standard InChI is InChI=1S/C12H19N3O3S/c1-2-3-9-19(16,17)15-8-6-11(10-15)18-12-5-4-7-13-14-12/h4-5,7,11H,2-3,6,8-10H2,1H3/t11-/m1/s1. The van der Waals surface area contributed by atoms with Crippen molar-refractivity contribution in [3.05, 3.63) is 18.3 Å². The minimum absolute atomic E-state index is 0.131. The van der Waals surface area contributed by atoms with E-state index in [2.05, 4.69) is 10.2 Å². The molecular weight excluding hydrogens is 266 g/mol. The van der Waals surface area contributed by atoms with E-state index in [0.717, 1.165) is 6.42 Å². The van der Waals surface area contributed by atoms with Gasteiger partial charge in [-0.05, 0) is 18.9 Å². The van der Waals surface area contributed by atoms with Crippen LogP contribution in [0, 0.1) is 0 Å². The molecule has 19 heavy (non-hydrogen) atoms. The van der Waals surface area contributed by atoms with Crippen molar-refractivity contribution in [2.24, 2.45) is 0 Å². The average molecular weight is 285 g/mol. The van der Waals surface area contributed by atoms with E-state index in [1.54, 1.807) is 18.3 Å². The van der Waals surface area contributed by atoms with Gasteiger partial charge in [0, 0.05) is 18.8 Å². The molecule has 2 heterocycles. The third kappa shape index (κ3) is 3.87. The largest absolute Gasteiger partial charge is 0.472 e. The smallest absolute Gasteiger partial charge is 0.233 e. The summed E-state index contributed by atoms with van der Waals surface area (Å²) in [7, 11) is -3.13. The molecule has 1 aromatic heterocycles. The minimum Gasteiger partial charge on any atom is -0.472 e. The molecule has 1 aliphatic heterocycles. The normalized spacial score (nSPS) is 20.6. The first-order chi connectivity index (χ1) is 9.12. The summed E-state index contributed by atoms with van der Waals surface area (Å²) >= 11 is 0. The van der Waals surface area contributed by atoms with Crippen LogP contribution in [0.2, 0.25) is 0 Å². The molecule has 1 aliphatic rings. The molecule has 0 aromatic carbocycles. The topological polar surface area (TPSA) is 72.4 Å². The zero-order valence-electron chi connectivity index (χ0n) is 11.0. The second-order valence-electron chi connectivity index (χ2n) is 4.62. The Bertz CT molecular complexity index is 492. The van der Waals surface area contributed by atoms with E-state index in [-0.39, 0.29) is 11.9 Å². The van der Waals surface area contributed by atoms with E-state index in [1.165, 1.54) is 4.31 Å². The highest BCUT2D eigenvalue weighted by Gasteiger charge is 2.32. The van der Waals surface area contributed by atoms with Crippen LogP contribution >= 0.6 is 0 Å². The van der Waals surface area contributed by atoms with Crippen molar-refractivity contribution in [3.63, 3.8) is 0 Å². The lowest BCUT2D eigenvalue weighted by Gasteiger charge is -2.16. The fraction of sp³-hybridized carbons (Fsp3) is 0.667. The lowest BCUT2D eigenvalue weighted by Crippen LogP contribution is -2.32. The van der Waals surface area contributed by atoms with Crippen molar-refractivity contribution in [1.82, 2.24) is 14.5 Å². The Kier molecular flexibility index (Phi) is 4.71. The van der Waals surface area contributed by atoms with E-state index in [1.807, 2.05) is 6.92 Å². The fourth-order valence-corrected chi connectivity index (χ4v) is 3.71. The van der Waals surface area contributed by atoms with Gasteiger partial charge in [0.1, 0.15) is 6.10 Å². The van der Waals surface area contributed by atoms with Crippen LogP contribution < -0.4 is 4.74 Å². The fourth-order valence-electron chi connectivity index (χ4n) is 2.02. The van der Waals surface area contributed by atoms with Crippen LogP contribution in [0.1, 0.15) is 26.2 Å². The van der Waals surface area contributed by atoms with Gasteiger partial charge in [0.05, 0.1) is 12.3 Å². The first-order valence-electron chi connectivity index (χ1n) is 6.54. The highest BCUT2D eigenvalue weighted by atomic mass is 32.2. The van der Waals surface area contributed by atoms with Gasteiger partial charge >= 0.3 is 0 Å². The van der Waals surface area contributed by atoms with Crippen molar-refractivity contribution >= 4 is 10.0 Å². The Morgan fingerprint density at radius 1 is 1.53 bits per heavy atom. The monoisotopic (exact) mass is 285 g/mol. The second-order valence-corrected chi connectivity index (χ2v) is 6.71. The maximum Gasteiger partial charge on any atom is 0.233 e. The first kappa shape index (κ1) is 14.2. The van der Waals surface area contributed by atoms with Crippen molar-refractivity contribution in [2.45, 2.75) is 32.3 Å². The summed E-state index contributed by atoms with van der Waals surface area (Å²) in [6.45, 7) is 2.92. The summed E-state index contributed by atoms with van der Waals surface area (Å²) in [5, 5.41) is 7.57. The molecule has 0 spiro atoms. The first-order valence-corrected chi connectivity index (χ1v) is 8.15. The van der Waals surface area contributed by atoms with Crippen LogP contribution in [0.25, 0.3) is 0 Å². The van der Waals surface area contributed by atoms with E-state index in [9.17, 15) is 8.42 Å². The molecule has 7 heteroatoms. The van der Waals surface area contributed by atoms with Crippen LogP contribution in [-0.4, -0.2) is 47.9 Å². The molecule has 2 rings (SSSR count). The van der Waals surface area contributed by atoms with Crippen LogP contribution in [-0.2, 0) is 10.0 Å². The zero-order chi connectivity index (χ0) is 13.7. The lowest BCUT2D eigenvalue weighted by atomic mass is 10.3. The highest BCUT2D eigenvalue weighted by molar-refractivity contribution is 7.89. The Labute approximate surface area is 113 Å². The molecule has 0 saturated carbocycles. The summed E-state index contributed by atoms with van der Waals surface area (Å²) in [5.74, 6) is 0.668. The van der Waals surface area contributed by atoms with Crippen LogP contribution in [0.3, 0.4) is 0 Å². The second kappa shape index (κ2) is 6.29. The van der Waals surface area contributed by atoms with Gasteiger partial charge in [-0.3, -0.25) is 0 Å². The molecule has 1 aromatic rings. The van der Waals surface area contributed by atoms with E-state index in [0.29, 0.717) is 31.8 Å². The van der Waals surface area contributed by atoms with Gasteiger partial charge in [-0.25, -0.2) is 8.42 Å². The Hall–Kier alpha value is -1.21. The third-order valence-corrected chi connectivity index (χ3v) is 5.02. The van der Waals surface area contributed by atoms with E-state index >= 15 is 0 Å². The van der Waals surface area contributed by atoms with Crippen molar-refractivity contribution in [2.75, 3.05) is 18.8 Å². The van der Waals surface area contributed by atoms with Crippen LogP contribution in [0.4, 0.5) is 0 Å². The summed E-state index contributed by atoms with van der Waals surface area (Å²) in [4.78, 5) is 0.